The van der Waals surface area contributed by atoms with Crippen LogP contribution in [0.25, 0.3) is 0 Å². The number of allylic oxidation sites excluding steroid dienone is 1. The fourth-order valence-corrected chi connectivity index (χ4v) is 2.33. The lowest BCUT2D eigenvalue weighted by atomic mass is 9.83. The molecule has 1 aliphatic heterocycles. The van der Waals surface area contributed by atoms with Gasteiger partial charge in [-0.2, -0.15) is 0 Å². The Hall–Kier alpha value is -2.16. The fourth-order valence-electron chi connectivity index (χ4n) is 2.33. The largest absolute Gasteiger partial charge is 0.377 e. The molecule has 0 bridgehead atoms. The van der Waals surface area contributed by atoms with E-state index in [1.807, 2.05) is 42.5 Å². The number of nitrogens with one attached hydrogen (secondary N) is 1. The molecule has 1 aliphatic carbocycles. The van der Waals surface area contributed by atoms with Crippen LogP contribution < -0.4 is 5.32 Å². The SMILES string of the molecule is C=NC1=CC2C(=O)c3ccccc3NC2C=C1. The fraction of sp³-hybridized carbons (Fsp3) is 0.143. The van der Waals surface area contributed by atoms with Crippen LogP contribution >= 0.6 is 0 Å². The van der Waals surface area contributed by atoms with Crippen molar-refractivity contribution in [3.63, 3.8) is 0 Å². The molecule has 2 aliphatic rings. The highest BCUT2D eigenvalue weighted by Crippen LogP contribution is 2.32. The molecule has 1 N–H and O–H groups in total. The summed E-state index contributed by atoms with van der Waals surface area (Å²) in [6.45, 7) is 3.49. The van der Waals surface area contributed by atoms with Gasteiger partial charge in [0.15, 0.2) is 5.78 Å². The van der Waals surface area contributed by atoms with Gasteiger partial charge in [-0.3, -0.25) is 9.79 Å². The van der Waals surface area contributed by atoms with Gasteiger partial charge in [0.05, 0.1) is 17.7 Å². The monoisotopic (exact) mass is 224 g/mol. The Labute approximate surface area is 99.6 Å². The average molecular weight is 224 g/mol. The van der Waals surface area contributed by atoms with Crippen LogP contribution in [0.15, 0.2) is 53.2 Å². The topological polar surface area (TPSA) is 41.5 Å². The van der Waals surface area contributed by atoms with Gasteiger partial charge in [0.25, 0.3) is 0 Å². The van der Waals surface area contributed by atoms with Gasteiger partial charge >= 0.3 is 0 Å². The van der Waals surface area contributed by atoms with Gasteiger partial charge < -0.3 is 5.32 Å². The third-order valence-electron chi connectivity index (χ3n) is 3.21. The molecule has 2 atom stereocenters. The number of aliphatic imine (C=N–C) groups is 1. The third-order valence-corrected chi connectivity index (χ3v) is 3.21. The predicted molar refractivity (Wildman–Crippen MR) is 68.4 cm³/mol. The van der Waals surface area contributed by atoms with Crippen molar-refractivity contribution < 1.29 is 4.79 Å². The van der Waals surface area contributed by atoms with E-state index in [1.165, 1.54) is 0 Å². The zero-order valence-corrected chi connectivity index (χ0v) is 9.26. The van der Waals surface area contributed by atoms with Gasteiger partial charge in [0.2, 0.25) is 0 Å². The number of benzene rings is 1. The van der Waals surface area contributed by atoms with Crippen molar-refractivity contribution in [2.75, 3.05) is 5.32 Å². The van der Waals surface area contributed by atoms with Gasteiger partial charge in [-0.15, -0.1) is 0 Å². The van der Waals surface area contributed by atoms with Crippen LogP contribution in [-0.2, 0) is 0 Å². The quantitative estimate of drug-likeness (QED) is 0.744. The highest BCUT2D eigenvalue weighted by Gasteiger charge is 2.33. The minimum atomic E-state index is -0.171. The van der Waals surface area contributed by atoms with Crippen molar-refractivity contribution >= 4 is 18.2 Å². The summed E-state index contributed by atoms with van der Waals surface area (Å²) in [5.41, 5.74) is 2.43. The summed E-state index contributed by atoms with van der Waals surface area (Å²) >= 11 is 0. The molecule has 0 radical (unpaired) electrons. The van der Waals surface area contributed by atoms with E-state index in [0.717, 1.165) is 16.9 Å². The Morgan fingerprint density at radius 2 is 2.12 bits per heavy atom. The molecule has 3 rings (SSSR count). The Bertz CT molecular complexity index is 557. The lowest BCUT2D eigenvalue weighted by Crippen LogP contribution is -2.38. The molecule has 1 heterocycles. The van der Waals surface area contributed by atoms with E-state index < -0.39 is 0 Å². The van der Waals surface area contributed by atoms with E-state index in [0.29, 0.717) is 0 Å². The van der Waals surface area contributed by atoms with E-state index in [9.17, 15) is 4.79 Å². The molecular weight excluding hydrogens is 212 g/mol. The maximum Gasteiger partial charge on any atom is 0.174 e. The number of para-hydroxylation sites is 1. The third kappa shape index (κ3) is 1.51. The molecule has 0 saturated heterocycles. The normalized spacial score (nSPS) is 25.4. The number of Topliss-reactive ketones (excluding diaryl/α,β-unsaturated/α-hetero) is 1. The molecule has 2 unspecified atom stereocenters. The summed E-state index contributed by atoms with van der Waals surface area (Å²) in [6, 6.07) is 7.63. The lowest BCUT2D eigenvalue weighted by Gasteiger charge is -2.31. The number of carbonyl (C=O) groups is 1. The number of carbonyl (C=O) groups excluding carboxylic acids is 1. The van der Waals surface area contributed by atoms with Gasteiger partial charge in [-0.25, -0.2) is 0 Å². The van der Waals surface area contributed by atoms with E-state index in [1.54, 1.807) is 0 Å². The number of ketones is 1. The standard InChI is InChI=1S/C14H12N2O/c1-15-9-6-7-13-11(8-9)14(17)10-4-2-3-5-12(10)16-13/h2-8,11,13,16H,1H2. The first-order chi connectivity index (χ1) is 8.29. The van der Waals surface area contributed by atoms with Gasteiger partial charge in [-0.1, -0.05) is 18.2 Å². The number of hydrogen-bond donors (Lipinski definition) is 1. The molecule has 3 heteroatoms. The summed E-state index contributed by atoms with van der Waals surface area (Å²) in [6.07, 6.45) is 5.74. The van der Waals surface area contributed by atoms with Crippen molar-refractivity contribution in [3.8, 4) is 0 Å². The molecule has 0 fully saturated rings. The zero-order chi connectivity index (χ0) is 11.8. The molecule has 1 aromatic rings. The molecule has 0 amide bonds. The number of fused-ring (bicyclic) bond motifs is 2. The van der Waals surface area contributed by atoms with Crippen LogP contribution in [0.2, 0.25) is 0 Å². The first kappa shape index (κ1) is 10.0. The summed E-state index contributed by atoms with van der Waals surface area (Å²) in [5.74, 6) is -0.0229. The van der Waals surface area contributed by atoms with E-state index in [4.69, 9.17) is 0 Å². The van der Waals surface area contributed by atoms with Crippen molar-refractivity contribution in [2.45, 2.75) is 6.04 Å². The molecule has 0 spiro atoms. The summed E-state index contributed by atoms with van der Waals surface area (Å²) in [5, 5.41) is 3.36. The van der Waals surface area contributed by atoms with Crippen LogP contribution in [0.1, 0.15) is 10.4 Å². The maximum absolute atomic E-state index is 12.3. The second kappa shape index (κ2) is 3.70. The van der Waals surface area contributed by atoms with Gasteiger partial charge in [0.1, 0.15) is 0 Å². The number of hydrogen-bond acceptors (Lipinski definition) is 3. The molecule has 0 aromatic heterocycles. The van der Waals surface area contributed by atoms with Crippen molar-refractivity contribution in [2.24, 2.45) is 10.9 Å². The average Bonchev–Trinajstić information content (AvgIpc) is 2.39. The van der Waals surface area contributed by atoms with Gasteiger partial charge in [-0.05, 0) is 31.0 Å². The predicted octanol–water partition coefficient (Wildman–Crippen LogP) is 2.43. The number of nitrogens with zero attached hydrogens (tertiary/aromatic N) is 1. The molecule has 1 aromatic carbocycles. The molecular formula is C14H12N2O. The number of rotatable bonds is 1. The number of anilines is 1. The summed E-state index contributed by atoms with van der Waals surface area (Å²) < 4.78 is 0. The van der Waals surface area contributed by atoms with Crippen LogP contribution in [-0.4, -0.2) is 18.5 Å². The second-order valence-electron chi connectivity index (χ2n) is 4.21. The smallest absolute Gasteiger partial charge is 0.174 e. The van der Waals surface area contributed by atoms with E-state index >= 15 is 0 Å². The van der Waals surface area contributed by atoms with Crippen molar-refractivity contribution in [3.05, 3.63) is 53.8 Å². The maximum atomic E-state index is 12.3. The highest BCUT2D eigenvalue weighted by atomic mass is 16.1. The van der Waals surface area contributed by atoms with Crippen LogP contribution in [0, 0.1) is 5.92 Å². The lowest BCUT2D eigenvalue weighted by molar-refractivity contribution is 0.0935. The zero-order valence-electron chi connectivity index (χ0n) is 9.26. The molecule has 17 heavy (non-hydrogen) atoms. The highest BCUT2D eigenvalue weighted by molar-refractivity contribution is 6.06. The van der Waals surface area contributed by atoms with E-state index in [2.05, 4.69) is 17.0 Å². The molecule has 0 saturated carbocycles. The van der Waals surface area contributed by atoms with Crippen LogP contribution in [0.5, 0.6) is 0 Å². The van der Waals surface area contributed by atoms with E-state index in [-0.39, 0.29) is 17.7 Å². The Morgan fingerprint density at radius 3 is 2.94 bits per heavy atom. The van der Waals surface area contributed by atoms with Gasteiger partial charge in [0, 0.05) is 11.3 Å². The Balaban J connectivity index is 2.07. The van der Waals surface area contributed by atoms with Crippen LogP contribution in [0.3, 0.4) is 0 Å². The van der Waals surface area contributed by atoms with Crippen LogP contribution in [0.4, 0.5) is 5.69 Å². The second-order valence-corrected chi connectivity index (χ2v) is 4.21. The Morgan fingerprint density at radius 1 is 1.29 bits per heavy atom. The Kier molecular flexibility index (Phi) is 2.18. The minimum Gasteiger partial charge on any atom is -0.377 e. The summed E-state index contributed by atoms with van der Waals surface area (Å²) in [7, 11) is 0. The molecule has 84 valence electrons. The summed E-state index contributed by atoms with van der Waals surface area (Å²) in [4.78, 5) is 16.2. The molecule has 3 nitrogen and oxygen atoms in total. The first-order valence-electron chi connectivity index (χ1n) is 5.56. The minimum absolute atomic E-state index is 0.0305. The first-order valence-corrected chi connectivity index (χ1v) is 5.56. The van der Waals surface area contributed by atoms with Crippen molar-refractivity contribution in [1.82, 2.24) is 0 Å². The van der Waals surface area contributed by atoms with Crippen molar-refractivity contribution in [1.29, 1.82) is 0 Å².